The number of benzene rings is 2. The number of aromatic nitrogens is 3. The second kappa shape index (κ2) is 5.85. The van der Waals surface area contributed by atoms with E-state index >= 15 is 0 Å². The SMILES string of the molecule is Cc1cccc(-c2nnc3s/c(=C\c4ccc(Cl)cc4)c(=O)n23)c1. The van der Waals surface area contributed by atoms with Gasteiger partial charge in [-0.2, -0.15) is 0 Å². The second-order valence-electron chi connectivity index (χ2n) is 5.48. The summed E-state index contributed by atoms with van der Waals surface area (Å²) in [6.45, 7) is 2.01. The predicted octanol–water partition coefficient (Wildman–Crippen LogP) is 3.33. The van der Waals surface area contributed by atoms with Crippen LogP contribution in [-0.2, 0) is 0 Å². The molecule has 2 aromatic heterocycles. The van der Waals surface area contributed by atoms with Gasteiger partial charge in [-0.25, -0.2) is 4.40 Å². The van der Waals surface area contributed by atoms with Crippen molar-refractivity contribution in [1.29, 1.82) is 0 Å². The average molecular weight is 354 g/mol. The van der Waals surface area contributed by atoms with Gasteiger partial charge in [0.05, 0.1) is 4.53 Å². The number of rotatable bonds is 2. The van der Waals surface area contributed by atoms with Gasteiger partial charge in [0.1, 0.15) is 0 Å². The van der Waals surface area contributed by atoms with Crippen LogP contribution in [0.25, 0.3) is 22.4 Å². The number of halogens is 1. The Hall–Kier alpha value is -2.50. The fourth-order valence-electron chi connectivity index (χ4n) is 2.54. The van der Waals surface area contributed by atoms with Gasteiger partial charge in [0.15, 0.2) is 5.82 Å². The first-order valence-corrected chi connectivity index (χ1v) is 8.53. The van der Waals surface area contributed by atoms with Gasteiger partial charge >= 0.3 is 0 Å². The number of hydrogen-bond acceptors (Lipinski definition) is 4. The minimum atomic E-state index is -0.105. The van der Waals surface area contributed by atoms with Crippen molar-refractivity contribution in [3.8, 4) is 11.4 Å². The quantitative estimate of drug-likeness (QED) is 0.555. The number of nitrogens with zero attached hydrogens (tertiary/aromatic N) is 3. The summed E-state index contributed by atoms with van der Waals surface area (Å²) in [6, 6.07) is 15.2. The molecule has 2 aromatic carbocycles. The molecule has 0 atom stereocenters. The molecule has 4 aromatic rings. The van der Waals surface area contributed by atoms with Gasteiger partial charge in [-0.15, -0.1) is 10.2 Å². The van der Waals surface area contributed by atoms with Crippen LogP contribution in [0.2, 0.25) is 5.02 Å². The Kier molecular flexibility index (Phi) is 3.67. The van der Waals surface area contributed by atoms with Crippen LogP contribution >= 0.6 is 22.9 Å². The summed E-state index contributed by atoms with van der Waals surface area (Å²) >= 11 is 7.23. The fraction of sp³-hybridized carbons (Fsp3) is 0.0556. The summed E-state index contributed by atoms with van der Waals surface area (Å²) in [5.74, 6) is 0.575. The maximum Gasteiger partial charge on any atom is 0.276 e. The third-order valence-corrected chi connectivity index (χ3v) is 4.90. The summed E-state index contributed by atoms with van der Waals surface area (Å²) in [4.78, 5) is 13.4. The first-order chi connectivity index (χ1) is 11.6. The van der Waals surface area contributed by atoms with Crippen LogP contribution in [0, 0.1) is 6.92 Å². The summed E-state index contributed by atoms with van der Waals surface area (Å²) in [7, 11) is 0. The van der Waals surface area contributed by atoms with Crippen molar-refractivity contribution in [3.05, 3.63) is 79.6 Å². The van der Waals surface area contributed by atoms with Crippen LogP contribution < -0.4 is 10.1 Å². The zero-order chi connectivity index (χ0) is 16.7. The van der Waals surface area contributed by atoms with E-state index in [1.807, 2.05) is 49.4 Å². The summed E-state index contributed by atoms with van der Waals surface area (Å²) < 4.78 is 2.19. The molecular weight excluding hydrogens is 342 g/mol. The van der Waals surface area contributed by atoms with Crippen LogP contribution in [0.15, 0.2) is 53.3 Å². The second-order valence-corrected chi connectivity index (χ2v) is 6.92. The molecule has 0 aliphatic carbocycles. The first-order valence-electron chi connectivity index (χ1n) is 7.34. The van der Waals surface area contributed by atoms with Gasteiger partial charge in [-0.1, -0.05) is 58.8 Å². The van der Waals surface area contributed by atoms with Crippen molar-refractivity contribution in [3.63, 3.8) is 0 Å². The number of hydrogen-bond donors (Lipinski definition) is 0. The predicted molar refractivity (Wildman–Crippen MR) is 97.5 cm³/mol. The van der Waals surface area contributed by atoms with Crippen LogP contribution in [0.5, 0.6) is 0 Å². The maximum absolute atomic E-state index is 12.8. The zero-order valence-corrected chi connectivity index (χ0v) is 14.3. The summed E-state index contributed by atoms with van der Waals surface area (Å²) in [5.41, 5.74) is 2.81. The monoisotopic (exact) mass is 353 g/mol. The lowest BCUT2D eigenvalue weighted by molar-refractivity contribution is 1.09. The van der Waals surface area contributed by atoms with E-state index in [-0.39, 0.29) is 5.56 Å². The Morgan fingerprint density at radius 2 is 1.92 bits per heavy atom. The first kappa shape index (κ1) is 15.1. The molecule has 4 nitrogen and oxygen atoms in total. The Morgan fingerprint density at radius 1 is 1.12 bits per heavy atom. The Balaban J connectivity index is 1.91. The van der Waals surface area contributed by atoms with E-state index < -0.39 is 0 Å². The van der Waals surface area contributed by atoms with Crippen molar-refractivity contribution in [2.75, 3.05) is 0 Å². The van der Waals surface area contributed by atoms with E-state index in [9.17, 15) is 4.79 Å². The number of thiazole rings is 1. The molecule has 0 bridgehead atoms. The third kappa shape index (κ3) is 2.62. The molecule has 0 saturated heterocycles. The lowest BCUT2D eigenvalue weighted by Gasteiger charge is -1.98. The van der Waals surface area contributed by atoms with Crippen molar-refractivity contribution < 1.29 is 0 Å². The van der Waals surface area contributed by atoms with Crippen molar-refractivity contribution in [2.24, 2.45) is 0 Å². The molecule has 2 heterocycles. The van der Waals surface area contributed by atoms with E-state index in [1.54, 1.807) is 16.5 Å². The number of fused-ring (bicyclic) bond motifs is 1. The highest BCUT2D eigenvalue weighted by atomic mass is 35.5. The standard InChI is InChI=1S/C18H12ClN3OS/c1-11-3-2-4-13(9-11)16-20-21-18-22(16)17(23)15(24-18)10-12-5-7-14(19)8-6-12/h2-10H,1H3/b15-10-. The van der Waals surface area contributed by atoms with Crippen molar-refractivity contribution in [1.82, 2.24) is 14.6 Å². The smallest absolute Gasteiger partial charge is 0.267 e. The van der Waals surface area contributed by atoms with Gasteiger partial charge in [-0.3, -0.25) is 4.79 Å². The zero-order valence-electron chi connectivity index (χ0n) is 12.7. The molecule has 0 N–H and O–H groups in total. The normalized spacial score (nSPS) is 12.2. The molecule has 0 aliphatic heterocycles. The van der Waals surface area contributed by atoms with E-state index in [4.69, 9.17) is 11.6 Å². The van der Waals surface area contributed by atoms with Crippen molar-refractivity contribution >= 4 is 34.0 Å². The van der Waals surface area contributed by atoms with E-state index in [1.165, 1.54) is 11.3 Å². The van der Waals surface area contributed by atoms with Gasteiger partial charge < -0.3 is 0 Å². The molecule has 0 saturated carbocycles. The molecule has 0 fully saturated rings. The highest BCUT2D eigenvalue weighted by Crippen LogP contribution is 2.19. The van der Waals surface area contributed by atoms with E-state index in [0.717, 1.165) is 16.7 Å². The molecule has 6 heteroatoms. The van der Waals surface area contributed by atoms with E-state index in [2.05, 4.69) is 10.2 Å². The van der Waals surface area contributed by atoms with Crippen LogP contribution in [-0.4, -0.2) is 14.6 Å². The minimum absolute atomic E-state index is 0.105. The van der Waals surface area contributed by atoms with Gasteiger partial charge in [0, 0.05) is 10.6 Å². The highest BCUT2D eigenvalue weighted by molar-refractivity contribution is 7.15. The molecular formula is C18H12ClN3OS. The highest BCUT2D eigenvalue weighted by Gasteiger charge is 2.14. The van der Waals surface area contributed by atoms with Crippen LogP contribution in [0.1, 0.15) is 11.1 Å². The summed E-state index contributed by atoms with van der Waals surface area (Å²) in [5, 5.41) is 9.00. The minimum Gasteiger partial charge on any atom is -0.267 e. The number of aryl methyl sites for hydroxylation is 1. The topological polar surface area (TPSA) is 47.3 Å². The Labute approximate surface area is 146 Å². The molecule has 0 radical (unpaired) electrons. The molecule has 0 amide bonds. The van der Waals surface area contributed by atoms with Gasteiger partial charge in [0.2, 0.25) is 4.96 Å². The molecule has 118 valence electrons. The van der Waals surface area contributed by atoms with Gasteiger partial charge in [0.25, 0.3) is 5.56 Å². The molecule has 0 spiro atoms. The summed E-state index contributed by atoms with van der Waals surface area (Å²) in [6.07, 6.45) is 1.85. The third-order valence-electron chi connectivity index (χ3n) is 3.69. The molecule has 0 aliphatic rings. The lowest BCUT2D eigenvalue weighted by Crippen LogP contribution is -2.23. The van der Waals surface area contributed by atoms with Crippen LogP contribution in [0.4, 0.5) is 0 Å². The van der Waals surface area contributed by atoms with Gasteiger partial charge in [-0.05, 0) is 36.8 Å². The largest absolute Gasteiger partial charge is 0.276 e. The Bertz CT molecular complexity index is 1150. The maximum atomic E-state index is 12.8. The molecule has 4 rings (SSSR count). The molecule has 0 unspecified atom stereocenters. The van der Waals surface area contributed by atoms with Crippen molar-refractivity contribution in [2.45, 2.75) is 6.92 Å². The Morgan fingerprint density at radius 3 is 2.67 bits per heavy atom. The average Bonchev–Trinajstić information content (AvgIpc) is 3.11. The molecule has 24 heavy (non-hydrogen) atoms. The van der Waals surface area contributed by atoms with E-state index in [0.29, 0.717) is 20.3 Å². The fourth-order valence-corrected chi connectivity index (χ4v) is 3.58. The van der Waals surface area contributed by atoms with Crippen LogP contribution in [0.3, 0.4) is 0 Å². The lowest BCUT2D eigenvalue weighted by atomic mass is 10.1.